The Labute approximate surface area is 305 Å². The average molecular weight is 677 g/mol. The summed E-state index contributed by atoms with van der Waals surface area (Å²) in [6.07, 6.45) is 0. The van der Waals surface area contributed by atoms with E-state index in [1.54, 1.807) is 0 Å². The van der Waals surface area contributed by atoms with E-state index in [4.69, 9.17) is 19.4 Å². The van der Waals surface area contributed by atoms with Gasteiger partial charge in [0, 0.05) is 27.5 Å². The predicted molar refractivity (Wildman–Crippen MR) is 214 cm³/mol. The van der Waals surface area contributed by atoms with Crippen molar-refractivity contribution in [1.29, 1.82) is 5.26 Å². The maximum absolute atomic E-state index is 9.83. The molecule has 0 radical (unpaired) electrons. The zero-order valence-electron chi connectivity index (χ0n) is 28.4. The minimum atomic E-state index is 0.538. The van der Waals surface area contributed by atoms with E-state index in [1.165, 1.54) is 16.2 Å². The second-order valence-corrected chi connectivity index (χ2v) is 13.1. The Bertz CT molecular complexity index is 3080. The molecule has 0 saturated heterocycles. The van der Waals surface area contributed by atoms with E-state index >= 15 is 0 Å². The van der Waals surface area contributed by atoms with Crippen molar-refractivity contribution in [1.82, 2.24) is 15.0 Å². The van der Waals surface area contributed by atoms with Gasteiger partial charge in [-0.2, -0.15) is 5.26 Å². The van der Waals surface area contributed by atoms with Crippen LogP contribution >= 0.6 is 0 Å². The molecule has 246 valence electrons. The van der Waals surface area contributed by atoms with Gasteiger partial charge in [-0.3, -0.25) is 0 Å². The number of benzene rings is 8. The molecule has 2 aromatic heterocycles. The Morgan fingerprint density at radius 3 is 1.83 bits per heavy atom. The molecule has 10 aromatic rings. The van der Waals surface area contributed by atoms with Crippen LogP contribution in [-0.4, -0.2) is 15.0 Å². The molecule has 10 rings (SSSR count). The molecule has 0 atom stereocenters. The molecular weight excluding hydrogens is 649 g/mol. The summed E-state index contributed by atoms with van der Waals surface area (Å²) in [5.41, 5.74) is 8.77. The minimum Gasteiger partial charge on any atom is -0.456 e. The fraction of sp³-hybridized carbons (Fsp3) is 0. The molecule has 2 heterocycles. The van der Waals surface area contributed by atoms with Crippen molar-refractivity contribution in [3.63, 3.8) is 0 Å². The van der Waals surface area contributed by atoms with Crippen molar-refractivity contribution in [2.24, 2.45) is 0 Å². The summed E-state index contributed by atoms with van der Waals surface area (Å²) < 4.78 is 6.48. The van der Waals surface area contributed by atoms with Crippen molar-refractivity contribution in [3.8, 4) is 62.5 Å². The molecule has 0 aliphatic rings. The fourth-order valence-electron chi connectivity index (χ4n) is 7.40. The van der Waals surface area contributed by atoms with E-state index in [9.17, 15) is 5.26 Å². The van der Waals surface area contributed by atoms with Crippen LogP contribution in [0, 0.1) is 11.3 Å². The summed E-state index contributed by atoms with van der Waals surface area (Å²) in [6.45, 7) is 0. The third-order valence-corrected chi connectivity index (χ3v) is 9.96. The van der Waals surface area contributed by atoms with Gasteiger partial charge in [-0.1, -0.05) is 133 Å². The monoisotopic (exact) mass is 676 g/mol. The first kappa shape index (κ1) is 30.4. The number of hydrogen-bond acceptors (Lipinski definition) is 5. The molecule has 0 amide bonds. The second kappa shape index (κ2) is 12.4. The molecule has 53 heavy (non-hydrogen) atoms. The number of aromatic nitrogens is 3. The van der Waals surface area contributed by atoms with Crippen LogP contribution in [0.25, 0.3) is 99.9 Å². The Morgan fingerprint density at radius 1 is 0.396 bits per heavy atom. The van der Waals surface area contributed by atoms with Crippen LogP contribution in [0.5, 0.6) is 0 Å². The molecule has 8 aromatic carbocycles. The molecule has 0 fully saturated rings. The Morgan fingerprint density at radius 2 is 1.00 bits per heavy atom. The molecule has 0 bridgehead atoms. The van der Waals surface area contributed by atoms with Gasteiger partial charge in [-0.05, 0) is 80.2 Å². The highest BCUT2D eigenvalue weighted by Gasteiger charge is 2.18. The molecule has 0 aliphatic carbocycles. The summed E-state index contributed by atoms with van der Waals surface area (Å²) in [4.78, 5) is 15.2. The highest BCUT2D eigenvalue weighted by molar-refractivity contribution is 6.13. The topological polar surface area (TPSA) is 75.6 Å². The van der Waals surface area contributed by atoms with Gasteiger partial charge in [-0.15, -0.1) is 0 Å². The van der Waals surface area contributed by atoms with Crippen LogP contribution in [0.15, 0.2) is 174 Å². The summed E-state index contributed by atoms with van der Waals surface area (Å²) in [7, 11) is 0. The first-order valence-corrected chi connectivity index (χ1v) is 17.5. The third kappa shape index (κ3) is 5.29. The smallest absolute Gasteiger partial charge is 0.164 e. The molecular formula is C48H28N4O. The largest absolute Gasteiger partial charge is 0.456 e. The van der Waals surface area contributed by atoms with Crippen LogP contribution in [0.1, 0.15) is 5.56 Å². The number of nitriles is 1. The van der Waals surface area contributed by atoms with Gasteiger partial charge in [0.25, 0.3) is 0 Å². The molecule has 5 nitrogen and oxygen atoms in total. The van der Waals surface area contributed by atoms with E-state index in [1.807, 2.05) is 72.8 Å². The standard InChI is InChI=1S/C48H28N4O/c49-29-37-13-5-6-16-38(37)32-14-8-15-34(26-32)46-50-47(35-22-24-40-33(27-35)21-20-31-12-4-7-17-39(31)40)52-48(51-46)36-23-25-42-44(28-36)53-43-19-9-18-41(45(42)43)30-10-2-1-3-11-30/h1-28H. The number of rotatable bonds is 5. The molecule has 0 spiro atoms. The van der Waals surface area contributed by atoms with Gasteiger partial charge in [0.1, 0.15) is 11.2 Å². The van der Waals surface area contributed by atoms with E-state index in [0.29, 0.717) is 23.0 Å². The Kier molecular flexibility index (Phi) is 7.12. The zero-order valence-corrected chi connectivity index (χ0v) is 28.4. The maximum Gasteiger partial charge on any atom is 0.164 e. The van der Waals surface area contributed by atoms with Gasteiger partial charge in [0.2, 0.25) is 0 Å². The SMILES string of the molecule is N#Cc1ccccc1-c1cccc(-c2nc(-c3ccc4c(ccc5ccccc54)c3)nc(-c3ccc4c(c3)oc3cccc(-c5ccccc5)c34)n2)c1. The number of nitrogens with zero attached hydrogens (tertiary/aromatic N) is 4. The van der Waals surface area contributed by atoms with Crippen molar-refractivity contribution in [3.05, 3.63) is 175 Å². The summed E-state index contributed by atoms with van der Waals surface area (Å²) in [5.74, 6) is 1.65. The van der Waals surface area contributed by atoms with Crippen molar-refractivity contribution < 1.29 is 4.42 Å². The minimum absolute atomic E-state index is 0.538. The first-order valence-electron chi connectivity index (χ1n) is 17.5. The maximum atomic E-state index is 9.83. The van der Waals surface area contributed by atoms with E-state index in [-0.39, 0.29) is 0 Å². The molecule has 0 unspecified atom stereocenters. The zero-order chi connectivity index (χ0) is 35.3. The molecule has 0 saturated carbocycles. The highest BCUT2D eigenvalue weighted by Crippen LogP contribution is 2.39. The number of hydrogen-bond donors (Lipinski definition) is 0. The summed E-state index contributed by atoms with van der Waals surface area (Å²) >= 11 is 0. The van der Waals surface area contributed by atoms with Gasteiger partial charge in [0.15, 0.2) is 17.5 Å². The van der Waals surface area contributed by atoms with Crippen LogP contribution in [0.3, 0.4) is 0 Å². The number of fused-ring (bicyclic) bond motifs is 6. The quantitative estimate of drug-likeness (QED) is 0.170. The van der Waals surface area contributed by atoms with E-state index < -0.39 is 0 Å². The molecule has 0 aliphatic heterocycles. The lowest BCUT2D eigenvalue weighted by molar-refractivity contribution is 0.669. The van der Waals surface area contributed by atoms with Gasteiger partial charge in [0.05, 0.1) is 11.6 Å². The van der Waals surface area contributed by atoms with Crippen LogP contribution < -0.4 is 0 Å². The van der Waals surface area contributed by atoms with Gasteiger partial charge >= 0.3 is 0 Å². The third-order valence-electron chi connectivity index (χ3n) is 9.96. The lowest BCUT2D eigenvalue weighted by Crippen LogP contribution is -2.00. The molecule has 0 N–H and O–H groups in total. The lowest BCUT2D eigenvalue weighted by Gasteiger charge is -2.11. The fourth-order valence-corrected chi connectivity index (χ4v) is 7.40. The van der Waals surface area contributed by atoms with Gasteiger partial charge in [-0.25, -0.2) is 15.0 Å². The first-order chi connectivity index (χ1) is 26.2. The average Bonchev–Trinajstić information content (AvgIpc) is 3.62. The molecule has 5 heteroatoms. The predicted octanol–water partition coefficient (Wildman–Crippen LogP) is 12.3. The van der Waals surface area contributed by atoms with Crippen molar-refractivity contribution in [2.75, 3.05) is 0 Å². The Balaban J connectivity index is 1.15. The van der Waals surface area contributed by atoms with Crippen LogP contribution in [0.2, 0.25) is 0 Å². The van der Waals surface area contributed by atoms with Crippen molar-refractivity contribution >= 4 is 43.5 Å². The van der Waals surface area contributed by atoms with E-state index in [0.717, 1.165) is 66.3 Å². The number of furan rings is 1. The van der Waals surface area contributed by atoms with Gasteiger partial charge < -0.3 is 4.42 Å². The van der Waals surface area contributed by atoms with Crippen LogP contribution in [0.4, 0.5) is 0 Å². The van der Waals surface area contributed by atoms with E-state index in [2.05, 4.69) is 103 Å². The Hall–Kier alpha value is -7.42. The van der Waals surface area contributed by atoms with Crippen molar-refractivity contribution in [2.45, 2.75) is 0 Å². The lowest BCUT2D eigenvalue weighted by atomic mass is 9.98. The normalized spacial score (nSPS) is 11.4. The summed E-state index contributed by atoms with van der Waals surface area (Å²) in [5, 5.41) is 16.6. The highest BCUT2D eigenvalue weighted by atomic mass is 16.3. The summed E-state index contributed by atoms with van der Waals surface area (Å²) in [6, 6.07) is 59.9. The van der Waals surface area contributed by atoms with Crippen LogP contribution in [-0.2, 0) is 0 Å². The second-order valence-electron chi connectivity index (χ2n) is 13.1.